The van der Waals surface area contributed by atoms with Crippen LogP contribution in [0.3, 0.4) is 0 Å². The van der Waals surface area contributed by atoms with Crippen molar-refractivity contribution in [2.75, 3.05) is 19.8 Å². The van der Waals surface area contributed by atoms with Gasteiger partial charge in [0.1, 0.15) is 0 Å². The molecule has 0 rings (SSSR count). The van der Waals surface area contributed by atoms with Crippen molar-refractivity contribution in [3.63, 3.8) is 0 Å². The van der Waals surface area contributed by atoms with Gasteiger partial charge in [-0.15, -0.1) is 0 Å². The molecule has 0 aromatic rings. The number of ether oxygens (including phenoxy) is 3. The molecule has 0 aromatic carbocycles. The van der Waals surface area contributed by atoms with E-state index in [4.69, 9.17) is 10.7 Å². The molecule has 17 heavy (non-hydrogen) atoms. The smallest absolute Gasteiger partial charge is 0.411 e. The molecule has 0 aliphatic rings. The summed E-state index contributed by atoms with van der Waals surface area (Å²) in [5, 5.41) is 14.6. The van der Waals surface area contributed by atoms with Gasteiger partial charge in [0.15, 0.2) is 6.07 Å². The third-order valence-corrected chi connectivity index (χ3v) is 1.12. The van der Waals surface area contributed by atoms with E-state index in [-0.39, 0.29) is 13.2 Å². The molecule has 0 spiro atoms. The SMILES string of the molecule is CCOC(=N)C(=O)OCC.CCOC(=O)C#N. The van der Waals surface area contributed by atoms with Crippen molar-refractivity contribution in [1.82, 2.24) is 0 Å². The van der Waals surface area contributed by atoms with Gasteiger partial charge in [0, 0.05) is 0 Å². The van der Waals surface area contributed by atoms with Gasteiger partial charge in [0.2, 0.25) is 0 Å². The van der Waals surface area contributed by atoms with Gasteiger partial charge < -0.3 is 14.2 Å². The Labute approximate surface area is 99.8 Å². The van der Waals surface area contributed by atoms with Gasteiger partial charge in [0.25, 0.3) is 5.90 Å². The van der Waals surface area contributed by atoms with Crippen molar-refractivity contribution in [3.05, 3.63) is 0 Å². The Morgan fingerprint density at radius 2 is 1.53 bits per heavy atom. The van der Waals surface area contributed by atoms with Gasteiger partial charge in [0.05, 0.1) is 19.8 Å². The van der Waals surface area contributed by atoms with Gasteiger partial charge >= 0.3 is 11.9 Å². The van der Waals surface area contributed by atoms with Crippen molar-refractivity contribution in [1.29, 1.82) is 10.7 Å². The molecule has 0 aliphatic heterocycles. The topological polar surface area (TPSA) is 109 Å². The van der Waals surface area contributed by atoms with Crippen LogP contribution in [0.5, 0.6) is 0 Å². The number of rotatable bonds is 3. The number of hydrogen-bond donors (Lipinski definition) is 1. The van der Waals surface area contributed by atoms with E-state index < -0.39 is 17.8 Å². The zero-order valence-corrected chi connectivity index (χ0v) is 10.1. The Hall–Kier alpha value is -2.10. The molecule has 1 N–H and O–H groups in total. The predicted octanol–water partition coefficient (Wildman–Crippen LogP) is 0.636. The van der Waals surface area contributed by atoms with Crippen molar-refractivity contribution in [2.24, 2.45) is 0 Å². The molecule has 0 atom stereocenters. The first-order valence-electron chi connectivity index (χ1n) is 4.98. The summed E-state index contributed by atoms with van der Waals surface area (Å²) in [6, 6.07) is 1.30. The number of nitrogens with one attached hydrogen (secondary N) is 1. The molecule has 0 fully saturated rings. The summed E-state index contributed by atoms with van der Waals surface area (Å²) in [4.78, 5) is 20.4. The average Bonchev–Trinajstić information content (AvgIpc) is 2.30. The van der Waals surface area contributed by atoms with E-state index in [1.807, 2.05) is 0 Å². The minimum atomic E-state index is -0.817. The van der Waals surface area contributed by atoms with E-state index in [9.17, 15) is 9.59 Å². The first-order valence-corrected chi connectivity index (χ1v) is 4.98. The first-order chi connectivity index (χ1) is 8.03. The summed E-state index contributed by atoms with van der Waals surface area (Å²) in [7, 11) is 0. The van der Waals surface area contributed by atoms with E-state index >= 15 is 0 Å². The maximum Gasteiger partial charge on any atom is 0.411 e. The Morgan fingerprint density at radius 1 is 1.06 bits per heavy atom. The monoisotopic (exact) mass is 244 g/mol. The van der Waals surface area contributed by atoms with Crippen LogP contribution in [0.2, 0.25) is 0 Å². The quantitative estimate of drug-likeness (QED) is 0.337. The van der Waals surface area contributed by atoms with Crippen LogP contribution in [0.25, 0.3) is 0 Å². The molecule has 0 unspecified atom stereocenters. The van der Waals surface area contributed by atoms with Crippen LogP contribution in [0.15, 0.2) is 0 Å². The second kappa shape index (κ2) is 12.0. The molecule has 7 nitrogen and oxygen atoms in total. The molecule has 0 radical (unpaired) electrons. The summed E-state index contributed by atoms with van der Waals surface area (Å²) in [6.45, 7) is 5.89. The molecule has 0 saturated carbocycles. The predicted molar refractivity (Wildman–Crippen MR) is 58.2 cm³/mol. The standard InChI is InChI=1S/C6H11NO3.C4H5NO2/c1-3-9-5(7)6(8)10-4-2;1-2-7-4(6)3-5/h7H,3-4H2,1-2H3;2H2,1H3. The van der Waals surface area contributed by atoms with Crippen molar-refractivity contribution < 1.29 is 23.8 Å². The summed E-state index contributed by atoms with van der Waals surface area (Å²) in [5.74, 6) is -1.95. The average molecular weight is 244 g/mol. The summed E-state index contributed by atoms with van der Waals surface area (Å²) >= 11 is 0. The Morgan fingerprint density at radius 3 is 1.82 bits per heavy atom. The second-order valence-electron chi connectivity index (χ2n) is 2.31. The van der Waals surface area contributed by atoms with Crippen LogP contribution in [0, 0.1) is 16.7 Å². The normalized spacial score (nSPS) is 7.88. The lowest BCUT2D eigenvalue weighted by atomic mass is 10.6. The summed E-state index contributed by atoms with van der Waals surface area (Å²) in [5.41, 5.74) is 0. The lowest BCUT2D eigenvalue weighted by Crippen LogP contribution is -2.19. The van der Waals surface area contributed by atoms with Crippen molar-refractivity contribution >= 4 is 17.8 Å². The minimum absolute atomic E-state index is 0.270. The molecule has 0 heterocycles. The molecule has 7 heteroatoms. The van der Waals surface area contributed by atoms with Crippen molar-refractivity contribution in [2.45, 2.75) is 20.8 Å². The van der Waals surface area contributed by atoms with Gasteiger partial charge in [-0.1, -0.05) is 0 Å². The lowest BCUT2D eigenvalue weighted by Gasteiger charge is -2.02. The first kappa shape index (κ1) is 17.3. The molecule has 0 aliphatic carbocycles. The van der Waals surface area contributed by atoms with E-state index in [2.05, 4.69) is 14.2 Å². The lowest BCUT2D eigenvalue weighted by molar-refractivity contribution is -0.137. The number of carbonyl (C=O) groups is 2. The number of nitriles is 1. The van der Waals surface area contributed by atoms with E-state index in [1.54, 1.807) is 20.8 Å². The second-order valence-corrected chi connectivity index (χ2v) is 2.31. The largest absolute Gasteiger partial charge is 0.473 e. The highest BCUT2D eigenvalue weighted by molar-refractivity contribution is 6.31. The van der Waals surface area contributed by atoms with Crippen molar-refractivity contribution in [3.8, 4) is 6.07 Å². The number of nitrogens with zero attached hydrogens (tertiary/aromatic N) is 1. The highest BCUT2D eigenvalue weighted by Gasteiger charge is 2.09. The number of hydrogen-bond acceptors (Lipinski definition) is 7. The maximum atomic E-state index is 10.6. The van der Waals surface area contributed by atoms with Gasteiger partial charge in [-0.05, 0) is 20.8 Å². The minimum Gasteiger partial charge on any atom is -0.473 e. The summed E-state index contributed by atoms with van der Waals surface area (Å²) < 4.78 is 13.2. The number of esters is 2. The third kappa shape index (κ3) is 11.8. The Kier molecular flexibility index (Phi) is 12.2. The van der Waals surface area contributed by atoms with E-state index in [0.717, 1.165) is 0 Å². The molecule has 96 valence electrons. The molecule has 0 amide bonds. The Balaban J connectivity index is 0. The fourth-order valence-electron chi connectivity index (χ4n) is 0.563. The molecular weight excluding hydrogens is 228 g/mol. The van der Waals surface area contributed by atoms with Crippen LogP contribution in [0.4, 0.5) is 0 Å². The van der Waals surface area contributed by atoms with Gasteiger partial charge in [-0.25, -0.2) is 9.59 Å². The fourth-order valence-corrected chi connectivity index (χ4v) is 0.563. The fraction of sp³-hybridized carbons (Fsp3) is 0.600. The van der Waals surface area contributed by atoms with Gasteiger partial charge in [-0.3, -0.25) is 5.41 Å². The van der Waals surface area contributed by atoms with Crippen LogP contribution in [0.1, 0.15) is 20.8 Å². The Bertz CT molecular complexity index is 280. The third-order valence-electron chi connectivity index (χ3n) is 1.12. The summed E-state index contributed by atoms with van der Waals surface area (Å²) in [6.07, 6.45) is 0. The highest BCUT2D eigenvalue weighted by Crippen LogP contribution is 1.83. The van der Waals surface area contributed by atoms with Crippen LogP contribution < -0.4 is 0 Å². The molecule has 0 saturated heterocycles. The zero-order valence-electron chi connectivity index (χ0n) is 10.1. The maximum absolute atomic E-state index is 10.6. The van der Waals surface area contributed by atoms with Crippen LogP contribution in [-0.4, -0.2) is 37.7 Å². The zero-order chi connectivity index (χ0) is 13.7. The molecule has 0 aromatic heterocycles. The molecular formula is C10H16N2O5. The highest BCUT2D eigenvalue weighted by atomic mass is 16.6. The van der Waals surface area contributed by atoms with Crippen LogP contribution >= 0.6 is 0 Å². The van der Waals surface area contributed by atoms with E-state index in [0.29, 0.717) is 6.61 Å². The van der Waals surface area contributed by atoms with Crippen LogP contribution in [-0.2, 0) is 23.8 Å². The molecule has 0 bridgehead atoms. The number of carbonyl (C=O) groups excluding carboxylic acids is 2. The van der Waals surface area contributed by atoms with E-state index in [1.165, 1.54) is 6.07 Å². The van der Waals surface area contributed by atoms with Gasteiger partial charge in [-0.2, -0.15) is 5.26 Å².